The molecule has 24 heavy (non-hydrogen) atoms. The molecule has 4 aromatic rings. The predicted molar refractivity (Wildman–Crippen MR) is 93.2 cm³/mol. The Bertz CT molecular complexity index is 1040. The van der Waals surface area contributed by atoms with E-state index in [1.165, 1.54) is 6.07 Å². The number of hydrogen-bond acceptors (Lipinski definition) is 3. The molecule has 5 heteroatoms. The fraction of sp³-hybridized carbons (Fsp3) is 0. The van der Waals surface area contributed by atoms with Gasteiger partial charge in [-0.2, -0.15) is 0 Å². The molecular weight excluding hydrogens is 302 g/mol. The third kappa shape index (κ3) is 2.32. The number of nitro groups is 1. The van der Waals surface area contributed by atoms with Gasteiger partial charge in [-0.05, 0) is 36.4 Å². The van der Waals surface area contributed by atoms with E-state index in [-0.39, 0.29) is 10.6 Å². The van der Waals surface area contributed by atoms with Crippen molar-refractivity contribution in [2.75, 3.05) is 0 Å². The van der Waals surface area contributed by atoms with Crippen molar-refractivity contribution in [2.24, 2.45) is 0 Å². The highest BCUT2D eigenvalue weighted by Crippen LogP contribution is 2.30. The molecule has 0 atom stereocenters. The first-order valence-electron chi connectivity index (χ1n) is 7.51. The first-order valence-corrected chi connectivity index (χ1v) is 7.51. The molecule has 0 saturated heterocycles. The predicted octanol–water partition coefficient (Wildman–Crippen LogP) is 4.60. The van der Waals surface area contributed by atoms with Crippen LogP contribution >= 0.6 is 0 Å². The van der Waals surface area contributed by atoms with Gasteiger partial charge in [0.15, 0.2) is 0 Å². The van der Waals surface area contributed by atoms with E-state index in [0.717, 1.165) is 16.7 Å². The third-order valence-electron chi connectivity index (χ3n) is 3.95. The van der Waals surface area contributed by atoms with Crippen LogP contribution in [-0.2, 0) is 0 Å². The fourth-order valence-electron chi connectivity index (χ4n) is 2.83. The molecule has 0 aliphatic rings. The number of rotatable bonds is 3. The highest BCUT2D eigenvalue weighted by atomic mass is 16.6. The van der Waals surface area contributed by atoms with Gasteiger partial charge in [0, 0.05) is 18.0 Å². The summed E-state index contributed by atoms with van der Waals surface area (Å²) < 4.78 is 2.05. The number of nitrogens with zero attached hydrogens (tertiary/aromatic N) is 3. The Hall–Kier alpha value is -3.47. The molecule has 0 spiro atoms. The summed E-state index contributed by atoms with van der Waals surface area (Å²) in [5.41, 5.74) is 4.00. The molecule has 0 aliphatic carbocycles. The second kappa shape index (κ2) is 5.62. The van der Waals surface area contributed by atoms with E-state index < -0.39 is 0 Å². The molecule has 0 fully saturated rings. The summed E-state index contributed by atoms with van der Waals surface area (Å²) in [4.78, 5) is 15.5. The van der Waals surface area contributed by atoms with Gasteiger partial charge in [0.05, 0.1) is 27.2 Å². The highest BCUT2D eigenvalue weighted by Gasteiger charge is 2.16. The van der Waals surface area contributed by atoms with Crippen LogP contribution in [0.5, 0.6) is 0 Å². The lowest BCUT2D eigenvalue weighted by Gasteiger charge is -2.06. The number of pyridine rings is 1. The Morgan fingerprint density at radius 3 is 2.42 bits per heavy atom. The Balaban J connectivity index is 1.86. The number of fused-ring (bicyclic) bond motifs is 1. The maximum Gasteiger partial charge on any atom is 0.278 e. The summed E-state index contributed by atoms with van der Waals surface area (Å²) in [6.07, 6.45) is 1.95. The molecule has 0 radical (unpaired) electrons. The molecule has 0 saturated carbocycles. The van der Waals surface area contributed by atoms with Gasteiger partial charge >= 0.3 is 0 Å². The van der Waals surface area contributed by atoms with E-state index in [4.69, 9.17) is 0 Å². The average molecular weight is 315 g/mol. The van der Waals surface area contributed by atoms with E-state index in [1.807, 2.05) is 59.3 Å². The van der Waals surface area contributed by atoms with Crippen LogP contribution in [0.1, 0.15) is 0 Å². The molecule has 2 heterocycles. The van der Waals surface area contributed by atoms with Crippen molar-refractivity contribution < 1.29 is 4.92 Å². The molecule has 2 aromatic carbocycles. The van der Waals surface area contributed by atoms with Crippen LogP contribution in [0.4, 0.5) is 5.69 Å². The molecule has 0 aliphatic heterocycles. The molecule has 5 nitrogen and oxygen atoms in total. The lowest BCUT2D eigenvalue weighted by Crippen LogP contribution is -1.94. The van der Waals surface area contributed by atoms with Gasteiger partial charge in [-0.25, -0.2) is 4.98 Å². The topological polar surface area (TPSA) is 61.0 Å². The van der Waals surface area contributed by atoms with Crippen molar-refractivity contribution >= 4 is 16.7 Å². The molecule has 0 bridgehead atoms. The minimum Gasteiger partial charge on any atom is -0.315 e. The van der Waals surface area contributed by atoms with Gasteiger partial charge in [-0.3, -0.25) is 10.1 Å². The standard InChI is InChI=1S/C19H13N3O2/c23-22(24)18-9-5-4-8-15(18)16-10-11-19-17(20-16)12-13-21(19)14-6-2-1-3-7-14/h1-13H. The lowest BCUT2D eigenvalue weighted by atomic mass is 10.1. The molecule has 0 unspecified atom stereocenters. The van der Waals surface area contributed by atoms with Crippen LogP contribution in [0.25, 0.3) is 28.0 Å². The summed E-state index contributed by atoms with van der Waals surface area (Å²) in [5.74, 6) is 0. The van der Waals surface area contributed by atoms with Gasteiger partial charge in [-0.15, -0.1) is 0 Å². The largest absolute Gasteiger partial charge is 0.315 e. The van der Waals surface area contributed by atoms with E-state index >= 15 is 0 Å². The Labute approximate surface area is 138 Å². The van der Waals surface area contributed by atoms with Crippen molar-refractivity contribution in [3.63, 3.8) is 0 Å². The molecule has 4 rings (SSSR count). The molecular formula is C19H13N3O2. The first-order chi connectivity index (χ1) is 11.7. The number of benzene rings is 2. The normalized spacial score (nSPS) is 10.8. The van der Waals surface area contributed by atoms with Crippen molar-refractivity contribution in [1.82, 2.24) is 9.55 Å². The summed E-state index contributed by atoms with van der Waals surface area (Å²) in [5, 5.41) is 11.2. The Morgan fingerprint density at radius 1 is 0.875 bits per heavy atom. The summed E-state index contributed by atoms with van der Waals surface area (Å²) in [6.45, 7) is 0. The fourth-order valence-corrected chi connectivity index (χ4v) is 2.83. The number of nitro benzene ring substituents is 1. The van der Waals surface area contributed by atoms with Crippen LogP contribution in [-0.4, -0.2) is 14.5 Å². The average Bonchev–Trinajstić information content (AvgIpc) is 3.05. The molecule has 0 amide bonds. The first kappa shape index (κ1) is 14.1. The molecule has 116 valence electrons. The van der Waals surface area contributed by atoms with Crippen molar-refractivity contribution in [3.05, 3.63) is 89.1 Å². The van der Waals surface area contributed by atoms with Gasteiger partial charge in [0.1, 0.15) is 0 Å². The van der Waals surface area contributed by atoms with Crippen molar-refractivity contribution in [1.29, 1.82) is 0 Å². The van der Waals surface area contributed by atoms with Gasteiger partial charge in [0.2, 0.25) is 0 Å². The SMILES string of the molecule is O=[N+]([O-])c1ccccc1-c1ccc2c(ccn2-c2ccccc2)n1. The molecule has 0 N–H and O–H groups in total. The van der Waals surface area contributed by atoms with Crippen LogP contribution in [0, 0.1) is 10.1 Å². The molecule has 2 aromatic heterocycles. The zero-order valence-corrected chi connectivity index (χ0v) is 12.7. The van der Waals surface area contributed by atoms with Crippen molar-refractivity contribution in [3.8, 4) is 16.9 Å². The van der Waals surface area contributed by atoms with Gasteiger partial charge in [0.25, 0.3) is 5.69 Å². The van der Waals surface area contributed by atoms with Crippen LogP contribution < -0.4 is 0 Å². The van der Waals surface area contributed by atoms with Crippen LogP contribution in [0.15, 0.2) is 79.0 Å². The minimum absolute atomic E-state index is 0.0619. The maximum absolute atomic E-state index is 11.2. The monoisotopic (exact) mass is 315 g/mol. The second-order valence-electron chi connectivity index (χ2n) is 5.40. The second-order valence-corrected chi connectivity index (χ2v) is 5.40. The Kier molecular flexibility index (Phi) is 3.31. The number of para-hydroxylation sites is 2. The van der Waals surface area contributed by atoms with Crippen molar-refractivity contribution in [2.45, 2.75) is 0 Å². The lowest BCUT2D eigenvalue weighted by molar-refractivity contribution is -0.384. The maximum atomic E-state index is 11.2. The Morgan fingerprint density at radius 2 is 1.62 bits per heavy atom. The van der Waals surface area contributed by atoms with Crippen LogP contribution in [0.3, 0.4) is 0 Å². The smallest absolute Gasteiger partial charge is 0.278 e. The van der Waals surface area contributed by atoms with Crippen LogP contribution in [0.2, 0.25) is 0 Å². The summed E-state index contributed by atoms with van der Waals surface area (Å²) in [6, 6.07) is 22.3. The van der Waals surface area contributed by atoms with Gasteiger partial charge < -0.3 is 4.57 Å². The van der Waals surface area contributed by atoms with E-state index in [0.29, 0.717) is 11.3 Å². The number of hydrogen-bond donors (Lipinski definition) is 0. The number of aromatic nitrogens is 2. The summed E-state index contributed by atoms with van der Waals surface area (Å²) >= 11 is 0. The third-order valence-corrected chi connectivity index (χ3v) is 3.95. The zero-order chi connectivity index (χ0) is 16.5. The zero-order valence-electron chi connectivity index (χ0n) is 12.7. The quantitative estimate of drug-likeness (QED) is 0.410. The van der Waals surface area contributed by atoms with Gasteiger partial charge in [-0.1, -0.05) is 30.3 Å². The highest BCUT2D eigenvalue weighted by molar-refractivity contribution is 5.82. The van der Waals surface area contributed by atoms with E-state index in [2.05, 4.69) is 4.98 Å². The van der Waals surface area contributed by atoms with E-state index in [9.17, 15) is 10.1 Å². The summed E-state index contributed by atoms with van der Waals surface area (Å²) in [7, 11) is 0. The minimum atomic E-state index is -0.379. The van der Waals surface area contributed by atoms with E-state index in [1.54, 1.807) is 18.2 Å².